The van der Waals surface area contributed by atoms with Crippen LogP contribution in [0.25, 0.3) is 22.2 Å². The lowest BCUT2D eigenvalue weighted by atomic mass is 9.81. The van der Waals surface area contributed by atoms with Crippen molar-refractivity contribution in [2.75, 3.05) is 4.90 Å². The summed E-state index contributed by atoms with van der Waals surface area (Å²) in [4.78, 5) is 58.6. The minimum Gasteiger partial charge on any atom is -0.451 e. The molecular weight excluding hydrogens is 516 g/mol. The average Bonchev–Trinajstić information content (AvgIpc) is 3.26. The van der Waals surface area contributed by atoms with Gasteiger partial charge in [-0.05, 0) is 50.5 Å². The smallest absolute Gasteiger partial charge is 0.339 e. The molecule has 2 amide bonds. The van der Waals surface area contributed by atoms with E-state index in [9.17, 15) is 19.2 Å². The highest BCUT2D eigenvalue weighted by molar-refractivity contribution is 6.22. The van der Waals surface area contributed by atoms with Crippen LogP contribution in [0.2, 0.25) is 0 Å². The van der Waals surface area contributed by atoms with Crippen LogP contribution in [-0.4, -0.2) is 34.7 Å². The number of Topliss-reactive ketones (excluding diaryl/α,β-unsaturated/α-hetero) is 1. The number of rotatable bonds is 6. The van der Waals surface area contributed by atoms with E-state index in [1.165, 1.54) is 4.90 Å². The van der Waals surface area contributed by atoms with E-state index in [2.05, 4.69) is 0 Å². The van der Waals surface area contributed by atoms with Gasteiger partial charge in [0.1, 0.15) is 0 Å². The minimum absolute atomic E-state index is 0.115. The lowest BCUT2D eigenvalue weighted by Gasteiger charge is -2.19. The zero-order chi connectivity index (χ0) is 28.7. The van der Waals surface area contributed by atoms with Gasteiger partial charge in [0.15, 0.2) is 6.10 Å². The number of ether oxygens (including phenoxy) is 1. The molecule has 7 heteroatoms. The van der Waals surface area contributed by atoms with Gasteiger partial charge < -0.3 is 4.74 Å². The molecular formula is C34H30N2O5. The molecule has 41 heavy (non-hydrogen) atoms. The zero-order valence-corrected chi connectivity index (χ0v) is 23.0. The van der Waals surface area contributed by atoms with Gasteiger partial charge in [0.2, 0.25) is 17.6 Å². The lowest BCUT2D eigenvalue weighted by Crippen LogP contribution is -2.30. The summed E-state index contributed by atoms with van der Waals surface area (Å²) in [5, 5.41) is 0.630. The molecule has 2 aliphatic rings. The molecule has 0 bridgehead atoms. The van der Waals surface area contributed by atoms with Crippen LogP contribution >= 0.6 is 0 Å². The Morgan fingerprint density at radius 3 is 2.20 bits per heavy atom. The van der Waals surface area contributed by atoms with Crippen molar-refractivity contribution >= 4 is 40.2 Å². The number of imide groups is 1. The molecule has 0 radical (unpaired) electrons. The largest absolute Gasteiger partial charge is 0.451 e. The Labute approximate surface area is 238 Å². The Balaban J connectivity index is 1.31. The van der Waals surface area contributed by atoms with Crippen LogP contribution in [0, 0.1) is 18.8 Å². The van der Waals surface area contributed by atoms with Crippen molar-refractivity contribution in [3.63, 3.8) is 0 Å². The van der Waals surface area contributed by atoms with Crippen LogP contribution in [0.1, 0.15) is 58.9 Å². The third kappa shape index (κ3) is 4.82. The third-order valence-electron chi connectivity index (χ3n) is 8.23. The van der Waals surface area contributed by atoms with Gasteiger partial charge in [0.25, 0.3) is 0 Å². The first-order valence-corrected chi connectivity index (χ1v) is 14.0. The molecule has 0 spiro atoms. The van der Waals surface area contributed by atoms with Crippen LogP contribution in [-0.2, 0) is 14.3 Å². The second kappa shape index (κ2) is 10.7. The second-order valence-corrected chi connectivity index (χ2v) is 10.9. The SMILES string of the molecule is Cc1cccc2c(C(=O)OC(C)C(=O)c3ccccc3)cc(-c3ccc(N4C(=O)C5CCCCC5C4=O)cc3)nc12. The average molecular weight is 547 g/mol. The van der Waals surface area contributed by atoms with Crippen molar-refractivity contribution in [2.24, 2.45) is 11.8 Å². The molecule has 6 rings (SSSR count). The van der Waals surface area contributed by atoms with E-state index < -0.39 is 12.1 Å². The highest BCUT2D eigenvalue weighted by Crippen LogP contribution is 2.40. The summed E-state index contributed by atoms with van der Waals surface area (Å²) in [6.45, 7) is 3.49. The Morgan fingerprint density at radius 1 is 0.878 bits per heavy atom. The standard InChI is InChI=1S/C34H30N2O5/c1-20-9-8-14-25-28(34(40)41-21(2)31(37)23-10-4-3-5-11-23)19-29(35-30(20)25)22-15-17-24(18-16-22)36-32(38)26-12-6-7-13-27(26)33(36)39/h3-5,8-11,14-19,21,26-27H,6-7,12-13H2,1-2H3. The van der Waals surface area contributed by atoms with E-state index >= 15 is 0 Å². The molecule has 3 aromatic carbocycles. The topological polar surface area (TPSA) is 93.6 Å². The number of aryl methyl sites for hydroxylation is 1. The number of hydrogen-bond acceptors (Lipinski definition) is 6. The molecule has 3 atom stereocenters. The van der Waals surface area contributed by atoms with Crippen LogP contribution in [0.15, 0.2) is 78.9 Å². The molecule has 206 valence electrons. The molecule has 0 N–H and O–H groups in total. The van der Waals surface area contributed by atoms with E-state index in [1.54, 1.807) is 61.5 Å². The Bertz CT molecular complexity index is 1660. The predicted octanol–water partition coefficient (Wildman–Crippen LogP) is 6.32. The van der Waals surface area contributed by atoms with Gasteiger partial charge >= 0.3 is 5.97 Å². The summed E-state index contributed by atoms with van der Waals surface area (Å²) in [6.07, 6.45) is 2.51. The number of ketones is 1. The number of hydrogen-bond donors (Lipinski definition) is 0. The third-order valence-corrected chi connectivity index (χ3v) is 8.23. The molecule has 1 saturated heterocycles. The van der Waals surface area contributed by atoms with E-state index in [1.807, 2.05) is 31.2 Å². The maximum absolute atomic E-state index is 13.4. The number of esters is 1. The predicted molar refractivity (Wildman–Crippen MR) is 156 cm³/mol. The van der Waals surface area contributed by atoms with E-state index in [-0.39, 0.29) is 29.4 Å². The van der Waals surface area contributed by atoms with Crippen LogP contribution in [0.4, 0.5) is 5.69 Å². The molecule has 1 aromatic heterocycles. The molecule has 2 fully saturated rings. The van der Waals surface area contributed by atoms with Gasteiger partial charge in [0.05, 0.1) is 34.3 Å². The Kier molecular flexibility index (Phi) is 6.95. The number of anilines is 1. The van der Waals surface area contributed by atoms with Gasteiger partial charge in [-0.3, -0.25) is 19.3 Å². The van der Waals surface area contributed by atoms with Crippen LogP contribution in [0.3, 0.4) is 0 Å². The second-order valence-electron chi connectivity index (χ2n) is 10.9. The van der Waals surface area contributed by atoms with Crippen LogP contribution in [0.5, 0.6) is 0 Å². The maximum atomic E-state index is 13.4. The number of nitrogens with zero attached hydrogens (tertiary/aromatic N) is 2. The lowest BCUT2D eigenvalue weighted by molar-refractivity contribution is -0.122. The van der Waals surface area contributed by atoms with E-state index in [0.29, 0.717) is 33.4 Å². The summed E-state index contributed by atoms with van der Waals surface area (Å²) >= 11 is 0. The number of amides is 2. The summed E-state index contributed by atoms with van der Waals surface area (Å²) in [6, 6.07) is 23.1. The highest BCUT2D eigenvalue weighted by Gasteiger charge is 2.48. The molecule has 1 saturated carbocycles. The van der Waals surface area contributed by atoms with E-state index in [4.69, 9.17) is 9.72 Å². The van der Waals surface area contributed by atoms with Crippen LogP contribution < -0.4 is 4.90 Å². The van der Waals surface area contributed by atoms with Gasteiger partial charge in [-0.15, -0.1) is 0 Å². The Hall–Kier alpha value is -4.65. The van der Waals surface area contributed by atoms with Crippen molar-refractivity contribution in [2.45, 2.75) is 45.6 Å². The first-order valence-electron chi connectivity index (χ1n) is 14.0. The molecule has 7 nitrogen and oxygen atoms in total. The van der Waals surface area contributed by atoms with Crippen molar-refractivity contribution in [3.05, 3.63) is 95.6 Å². The van der Waals surface area contributed by atoms with Crippen molar-refractivity contribution in [1.29, 1.82) is 0 Å². The minimum atomic E-state index is -0.972. The number of fused-ring (bicyclic) bond motifs is 2. The molecule has 2 heterocycles. The fraction of sp³-hybridized carbons (Fsp3) is 0.265. The maximum Gasteiger partial charge on any atom is 0.339 e. The number of para-hydroxylation sites is 1. The van der Waals surface area contributed by atoms with Gasteiger partial charge in [-0.2, -0.15) is 0 Å². The quantitative estimate of drug-likeness (QED) is 0.160. The summed E-state index contributed by atoms with van der Waals surface area (Å²) in [5.74, 6) is -1.56. The number of aromatic nitrogens is 1. The molecule has 1 aliphatic heterocycles. The monoisotopic (exact) mass is 546 g/mol. The van der Waals surface area contributed by atoms with Crippen molar-refractivity contribution in [1.82, 2.24) is 4.98 Å². The first kappa shape index (κ1) is 26.6. The van der Waals surface area contributed by atoms with Crippen molar-refractivity contribution in [3.8, 4) is 11.3 Å². The zero-order valence-electron chi connectivity index (χ0n) is 23.0. The Morgan fingerprint density at radius 2 is 1.54 bits per heavy atom. The van der Waals surface area contributed by atoms with Gasteiger partial charge in [0, 0.05) is 16.5 Å². The number of carbonyl (C=O) groups is 4. The number of benzene rings is 3. The molecule has 1 aliphatic carbocycles. The fourth-order valence-corrected chi connectivity index (χ4v) is 6.02. The summed E-state index contributed by atoms with van der Waals surface area (Å²) in [5.41, 5.74) is 4.12. The van der Waals surface area contributed by atoms with E-state index in [0.717, 1.165) is 36.8 Å². The number of carbonyl (C=O) groups excluding carboxylic acids is 4. The van der Waals surface area contributed by atoms with Gasteiger partial charge in [-0.25, -0.2) is 9.78 Å². The summed E-state index contributed by atoms with van der Waals surface area (Å²) < 4.78 is 5.65. The molecule has 3 unspecified atom stereocenters. The molecule has 4 aromatic rings. The first-order chi connectivity index (χ1) is 19.8. The number of pyridine rings is 1. The van der Waals surface area contributed by atoms with Crippen molar-refractivity contribution < 1.29 is 23.9 Å². The normalized spacial score (nSPS) is 19.2. The van der Waals surface area contributed by atoms with Gasteiger partial charge in [-0.1, -0.05) is 73.5 Å². The fourth-order valence-electron chi connectivity index (χ4n) is 6.02. The summed E-state index contributed by atoms with van der Waals surface area (Å²) in [7, 11) is 0. The highest BCUT2D eigenvalue weighted by atomic mass is 16.5.